The van der Waals surface area contributed by atoms with Gasteiger partial charge in [0, 0.05) is 45.4 Å². The first kappa shape index (κ1) is 20.3. The van der Waals surface area contributed by atoms with Crippen molar-refractivity contribution in [1.29, 1.82) is 0 Å². The second-order valence-corrected chi connectivity index (χ2v) is 6.80. The number of rotatable bonds is 6. The van der Waals surface area contributed by atoms with Crippen LogP contribution in [-0.4, -0.2) is 85.2 Å². The highest BCUT2D eigenvalue weighted by molar-refractivity contribution is 5.74. The monoisotopic (exact) mass is 367 g/mol. The van der Waals surface area contributed by atoms with Crippen molar-refractivity contribution in [2.45, 2.75) is 50.4 Å². The predicted molar refractivity (Wildman–Crippen MR) is 86.3 cm³/mol. The van der Waals surface area contributed by atoms with Crippen LogP contribution in [0.4, 0.5) is 18.0 Å². The first-order chi connectivity index (χ1) is 11.8. The molecule has 2 rings (SSSR count). The van der Waals surface area contributed by atoms with Crippen molar-refractivity contribution in [2.75, 3.05) is 45.9 Å². The van der Waals surface area contributed by atoms with Gasteiger partial charge in [0.15, 0.2) is 0 Å². The standard InChI is InChI=1S/C16H28F3N3O3/c17-16(18,19)12-25-11-1-6-21-7-9-22(10-8-21)15(24)20-13-2-4-14(23)5-3-13/h13-14,23H,1-12H2,(H,20,24). The number of ether oxygens (including phenoxy) is 1. The van der Waals surface area contributed by atoms with Gasteiger partial charge in [0.1, 0.15) is 6.61 Å². The molecule has 1 aliphatic carbocycles. The molecule has 0 aromatic heterocycles. The lowest BCUT2D eigenvalue weighted by atomic mass is 9.93. The van der Waals surface area contributed by atoms with E-state index in [4.69, 9.17) is 0 Å². The number of nitrogens with zero attached hydrogens (tertiary/aromatic N) is 2. The maximum atomic E-state index is 12.3. The van der Waals surface area contributed by atoms with Crippen LogP contribution >= 0.6 is 0 Å². The molecule has 0 spiro atoms. The molecule has 1 heterocycles. The van der Waals surface area contributed by atoms with Crippen molar-refractivity contribution in [3.8, 4) is 0 Å². The number of piperazine rings is 1. The summed E-state index contributed by atoms with van der Waals surface area (Å²) in [5.74, 6) is 0. The largest absolute Gasteiger partial charge is 0.411 e. The van der Waals surface area contributed by atoms with E-state index in [-0.39, 0.29) is 24.8 Å². The molecule has 25 heavy (non-hydrogen) atoms. The Bertz CT molecular complexity index is 407. The first-order valence-electron chi connectivity index (χ1n) is 8.94. The van der Waals surface area contributed by atoms with Gasteiger partial charge in [-0.15, -0.1) is 0 Å². The summed E-state index contributed by atoms with van der Waals surface area (Å²) >= 11 is 0. The molecule has 0 unspecified atom stereocenters. The number of aliphatic hydroxyl groups excluding tert-OH is 1. The Hall–Kier alpha value is -1.06. The number of hydrogen-bond donors (Lipinski definition) is 2. The Labute approximate surface area is 146 Å². The Morgan fingerprint density at radius 1 is 1.12 bits per heavy atom. The summed E-state index contributed by atoms with van der Waals surface area (Å²) in [5, 5.41) is 12.5. The lowest BCUT2D eigenvalue weighted by Crippen LogP contribution is -2.54. The van der Waals surface area contributed by atoms with Crippen LogP contribution < -0.4 is 5.32 Å². The fourth-order valence-electron chi connectivity index (χ4n) is 3.24. The highest BCUT2D eigenvalue weighted by atomic mass is 19.4. The van der Waals surface area contributed by atoms with Crippen LogP contribution in [0, 0.1) is 0 Å². The number of halogens is 3. The van der Waals surface area contributed by atoms with Gasteiger partial charge in [-0.05, 0) is 32.1 Å². The van der Waals surface area contributed by atoms with Crippen molar-refractivity contribution in [3.05, 3.63) is 0 Å². The van der Waals surface area contributed by atoms with Gasteiger partial charge in [-0.1, -0.05) is 0 Å². The van der Waals surface area contributed by atoms with E-state index in [0.717, 1.165) is 38.8 Å². The van der Waals surface area contributed by atoms with E-state index in [9.17, 15) is 23.1 Å². The number of nitrogens with one attached hydrogen (secondary N) is 1. The van der Waals surface area contributed by atoms with Crippen LogP contribution in [-0.2, 0) is 4.74 Å². The van der Waals surface area contributed by atoms with E-state index in [1.807, 2.05) is 0 Å². The molecule has 1 saturated carbocycles. The zero-order valence-corrected chi connectivity index (χ0v) is 14.4. The third kappa shape index (κ3) is 7.79. The molecule has 0 aromatic carbocycles. The third-order valence-corrected chi connectivity index (χ3v) is 4.71. The molecule has 2 fully saturated rings. The molecule has 1 aliphatic heterocycles. The molecule has 146 valence electrons. The van der Waals surface area contributed by atoms with Crippen LogP contribution in [0.25, 0.3) is 0 Å². The number of hydrogen-bond acceptors (Lipinski definition) is 4. The van der Waals surface area contributed by atoms with Crippen LogP contribution in [0.3, 0.4) is 0 Å². The minimum Gasteiger partial charge on any atom is -0.393 e. The smallest absolute Gasteiger partial charge is 0.393 e. The lowest BCUT2D eigenvalue weighted by molar-refractivity contribution is -0.174. The Morgan fingerprint density at radius 2 is 1.76 bits per heavy atom. The molecular formula is C16H28F3N3O3. The van der Waals surface area contributed by atoms with Crippen molar-refractivity contribution in [1.82, 2.24) is 15.1 Å². The normalized spacial score (nSPS) is 25.8. The van der Waals surface area contributed by atoms with Gasteiger partial charge in [-0.2, -0.15) is 13.2 Å². The second-order valence-electron chi connectivity index (χ2n) is 6.80. The average Bonchev–Trinajstić information content (AvgIpc) is 2.56. The van der Waals surface area contributed by atoms with Crippen molar-refractivity contribution in [3.63, 3.8) is 0 Å². The summed E-state index contributed by atoms with van der Waals surface area (Å²) in [5.41, 5.74) is 0. The van der Waals surface area contributed by atoms with Gasteiger partial charge in [0.05, 0.1) is 6.10 Å². The molecule has 0 radical (unpaired) electrons. The van der Waals surface area contributed by atoms with Crippen LogP contribution in [0.5, 0.6) is 0 Å². The van der Waals surface area contributed by atoms with Gasteiger partial charge in [0.25, 0.3) is 0 Å². The molecule has 2 amide bonds. The summed E-state index contributed by atoms with van der Waals surface area (Å²) in [6.45, 7) is 2.24. The minimum atomic E-state index is -4.27. The van der Waals surface area contributed by atoms with E-state index >= 15 is 0 Å². The lowest BCUT2D eigenvalue weighted by Gasteiger charge is -2.36. The Balaban J connectivity index is 1.55. The van der Waals surface area contributed by atoms with E-state index in [0.29, 0.717) is 26.1 Å². The van der Waals surface area contributed by atoms with Gasteiger partial charge in [0.2, 0.25) is 0 Å². The van der Waals surface area contributed by atoms with E-state index in [1.165, 1.54) is 0 Å². The van der Waals surface area contributed by atoms with E-state index < -0.39 is 12.8 Å². The van der Waals surface area contributed by atoms with Gasteiger partial charge < -0.3 is 20.1 Å². The molecule has 1 saturated heterocycles. The number of carbonyl (C=O) groups is 1. The average molecular weight is 367 g/mol. The van der Waals surface area contributed by atoms with Crippen LogP contribution in [0.1, 0.15) is 32.1 Å². The van der Waals surface area contributed by atoms with Crippen molar-refractivity contribution in [2.24, 2.45) is 0 Å². The predicted octanol–water partition coefficient (Wildman–Crippen LogP) is 1.59. The number of alkyl halides is 3. The molecule has 2 aliphatic rings. The van der Waals surface area contributed by atoms with Crippen molar-refractivity contribution >= 4 is 6.03 Å². The maximum Gasteiger partial charge on any atom is 0.411 e. The van der Waals surface area contributed by atoms with Crippen LogP contribution in [0.2, 0.25) is 0 Å². The Kier molecular flexibility index (Phi) is 7.77. The molecule has 6 nitrogen and oxygen atoms in total. The van der Waals surface area contributed by atoms with Crippen molar-refractivity contribution < 1.29 is 27.8 Å². The molecule has 0 aromatic rings. The number of urea groups is 1. The number of carbonyl (C=O) groups excluding carboxylic acids is 1. The second kappa shape index (κ2) is 9.59. The zero-order chi connectivity index (χ0) is 18.3. The van der Waals surface area contributed by atoms with Gasteiger partial charge in [-0.3, -0.25) is 4.90 Å². The van der Waals surface area contributed by atoms with E-state index in [1.54, 1.807) is 4.90 Å². The quantitative estimate of drug-likeness (QED) is 0.700. The topological polar surface area (TPSA) is 65.0 Å². The summed E-state index contributed by atoms with van der Waals surface area (Å²) in [4.78, 5) is 16.2. The summed E-state index contributed by atoms with van der Waals surface area (Å²) < 4.78 is 40.5. The molecule has 2 N–H and O–H groups in total. The molecule has 0 bridgehead atoms. The fourth-order valence-corrected chi connectivity index (χ4v) is 3.24. The summed E-state index contributed by atoms with van der Waals surface area (Å²) in [6.07, 6.45) is -0.876. The third-order valence-electron chi connectivity index (χ3n) is 4.71. The van der Waals surface area contributed by atoms with Crippen LogP contribution in [0.15, 0.2) is 0 Å². The van der Waals surface area contributed by atoms with Gasteiger partial charge in [-0.25, -0.2) is 4.79 Å². The first-order valence-corrected chi connectivity index (χ1v) is 8.94. The minimum absolute atomic E-state index is 0.0606. The zero-order valence-electron chi connectivity index (χ0n) is 14.4. The highest BCUT2D eigenvalue weighted by Gasteiger charge is 2.27. The van der Waals surface area contributed by atoms with Gasteiger partial charge >= 0.3 is 12.2 Å². The van der Waals surface area contributed by atoms with E-state index in [2.05, 4.69) is 15.0 Å². The highest BCUT2D eigenvalue weighted by Crippen LogP contribution is 2.18. The number of amides is 2. The Morgan fingerprint density at radius 3 is 2.36 bits per heavy atom. The molecular weight excluding hydrogens is 339 g/mol. The summed E-state index contributed by atoms with van der Waals surface area (Å²) in [6, 6.07) is 0.0780. The summed E-state index contributed by atoms with van der Waals surface area (Å²) in [7, 11) is 0. The SMILES string of the molecule is O=C(NC1CCC(O)CC1)N1CCN(CCCOCC(F)(F)F)CC1. The number of aliphatic hydroxyl groups is 1. The molecule has 9 heteroatoms. The maximum absolute atomic E-state index is 12.3. The fraction of sp³-hybridized carbons (Fsp3) is 0.938. The molecule has 0 atom stereocenters.